The van der Waals surface area contributed by atoms with E-state index in [9.17, 15) is 15.0 Å². The number of H-pyrrole nitrogens is 1. The maximum absolute atomic E-state index is 11.9. The Hall–Kier alpha value is -2.05. The summed E-state index contributed by atoms with van der Waals surface area (Å²) in [5, 5.41) is 23.3. The van der Waals surface area contributed by atoms with Crippen molar-refractivity contribution in [3.8, 4) is 11.5 Å². The fraction of sp³-hybridized carbons (Fsp3) is 0.735. The van der Waals surface area contributed by atoms with Crippen molar-refractivity contribution in [1.29, 1.82) is 0 Å². The molecule has 6 nitrogen and oxygen atoms in total. The zero-order valence-electron chi connectivity index (χ0n) is 24.8. The number of benzene rings is 1. The number of aromatic nitrogens is 1. The molecular weight excluding hydrogens is 502 g/mol. The van der Waals surface area contributed by atoms with Crippen LogP contribution in [0.1, 0.15) is 85.5 Å². The molecule has 0 radical (unpaired) electrons. The van der Waals surface area contributed by atoms with E-state index in [4.69, 9.17) is 9.47 Å². The topological polar surface area (TPSA) is 91.8 Å². The first kappa shape index (κ1) is 28.1. The van der Waals surface area contributed by atoms with Gasteiger partial charge in [0.15, 0.2) is 5.75 Å². The highest BCUT2D eigenvalue weighted by Gasteiger charge is 2.64. The summed E-state index contributed by atoms with van der Waals surface area (Å²) in [6.07, 6.45) is 11.2. The smallest absolute Gasteiger partial charge is 0.298 e. The molecule has 2 aromatic rings. The molecule has 6 heteroatoms. The quantitative estimate of drug-likeness (QED) is 0.316. The molecule has 0 bridgehead atoms. The molecule has 0 aliphatic heterocycles. The predicted molar refractivity (Wildman–Crippen MR) is 156 cm³/mol. The summed E-state index contributed by atoms with van der Waals surface area (Å²) in [7, 11) is 0. The van der Waals surface area contributed by atoms with Crippen LogP contribution < -0.4 is 9.47 Å². The first-order valence-electron chi connectivity index (χ1n) is 15.9. The van der Waals surface area contributed by atoms with Crippen molar-refractivity contribution >= 4 is 17.4 Å². The summed E-state index contributed by atoms with van der Waals surface area (Å²) in [6, 6.07) is 5.85. The SMILES string of the molecule is CC[C@H]1[C@@H](O)[C@@H]2[C@H](CC[C@]3(C)[C@@H]([C@H](C)CCOc4ccc5c(OC=O)c[nH]c5c4)CC[C@@H]23)[C@@]2(C)CC[C@@H](O)C[C@@H]12. The zero-order chi connectivity index (χ0) is 28.2. The van der Waals surface area contributed by atoms with Crippen molar-refractivity contribution in [2.45, 2.75) is 97.7 Å². The minimum Gasteiger partial charge on any atom is -0.494 e. The van der Waals surface area contributed by atoms with Crippen LogP contribution in [-0.2, 0) is 4.79 Å². The molecule has 1 heterocycles. The van der Waals surface area contributed by atoms with Gasteiger partial charge >= 0.3 is 0 Å². The van der Waals surface area contributed by atoms with Crippen LogP contribution in [0.15, 0.2) is 24.4 Å². The summed E-state index contributed by atoms with van der Waals surface area (Å²) >= 11 is 0. The highest BCUT2D eigenvalue weighted by Crippen LogP contribution is 2.69. The van der Waals surface area contributed by atoms with Crippen molar-refractivity contribution in [1.82, 2.24) is 4.98 Å². The molecule has 4 fully saturated rings. The van der Waals surface area contributed by atoms with E-state index in [1.807, 2.05) is 18.2 Å². The predicted octanol–water partition coefficient (Wildman–Crippen LogP) is 6.73. The van der Waals surface area contributed by atoms with Gasteiger partial charge in [0.1, 0.15) is 5.75 Å². The molecule has 40 heavy (non-hydrogen) atoms. The number of carbonyl (C=O) groups excluding carboxylic acids is 1. The third kappa shape index (κ3) is 4.40. The van der Waals surface area contributed by atoms with Gasteiger partial charge in [-0.3, -0.25) is 4.79 Å². The molecule has 0 spiro atoms. The van der Waals surface area contributed by atoms with Crippen molar-refractivity contribution in [2.75, 3.05) is 6.61 Å². The molecule has 11 atom stereocenters. The van der Waals surface area contributed by atoms with Crippen LogP contribution >= 0.6 is 0 Å². The van der Waals surface area contributed by atoms with Crippen molar-refractivity contribution in [3.63, 3.8) is 0 Å². The Bertz CT molecular complexity index is 1210. The van der Waals surface area contributed by atoms with Gasteiger partial charge in [-0.2, -0.15) is 0 Å². The van der Waals surface area contributed by atoms with Gasteiger partial charge in [-0.05, 0) is 116 Å². The van der Waals surface area contributed by atoms with Crippen LogP contribution in [0.5, 0.6) is 11.5 Å². The maximum Gasteiger partial charge on any atom is 0.298 e. The van der Waals surface area contributed by atoms with E-state index < -0.39 is 0 Å². The molecule has 0 unspecified atom stereocenters. The molecule has 0 saturated heterocycles. The number of carbonyl (C=O) groups is 1. The fourth-order valence-electron chi connectivity index (χ4n) is 10.8. The zero-order valence-corrected chi connectivity index (χ0v) is 24.8. The van der Waals surface area contributed by atoms with E-state index in [2.05, 4.69) is 32.7 Å². The number of nitrogens with one attached hydrogen (secondary N) is 1. The monoisotopic (exact) mass is 551 g/mol. The van der Waals surface area contributed by atoms with Gasteiger partial charge in [0.2, 0.25) is 0 Å². The van der Waals surface area contributed by atoms with Crippen molar-refractivity contribution < 1.29 is 24.5 Å². The van der Waals surface area contributed by atoms with Crippen LogP contribution in [0.3, 0.4) is 0 Å². The maximum atomic E-state index is 11.9. The molecule has 220 valence electrons. The van der Waals surface area contributed by atoms with Crippen molar-refractivity contribution in [3.05, 3.63) is 24.4 Å². The van der Waals surface area contributed by atoms with Crippen LogP contribution in [0.4, 0.5) is 0 Å². The van der Waals surface area contributed by atoms with E-state index in [1.165, 1.54) is 25.7 Å². The van der Waals surface area contributed by atoms with E-state index in [0.29, 0.717) is 60.3 Å². The second-order valence-corrected chi connectivity index (χ2v) is 14.3. The number of aliphatic hydroxyl groups is 2. The lowest BCUT2D eigenvalue weighted by molar-refractivity contribution is -0.203. The minimum absolute atomic E-state index is 0.192. The van der Waals surface area contributed by atoms with Crippen molar-refractivity contribution in [2.24, 2.45) is 52.3 Å². The minimum atomic E-state index is -0.235. The Labute approximate surface area is 239 Å². The molecule has 1 aromatic heterocycles. The summed E-state index contributed by atoms with van der Waals surface area (Å²) in [5.41, 5.74) is 1.42. The second kappa shape index (κ2) is 10.7. The van der Waals surface area contributed by atoms with Gasteiger partial charge in [0.05, 0.1) is 24.3 Å². The molecule has 0 amide bonds. The summed E-state index contributed by atoms with van der Waals surface area (Å²) < 4.78 is 11.2. The second-order valence-electron chi connectivity index (χ2n) is 14.3. The Morgan fingerprint density at radius 1 is 1.07 bits per heavy atom. The molecule has 4 saturated carbocycles. The third-order valence-electron chi connectivity index (χ3n) is 12.8. The van der Waals surface area contributed by atoms with Gasteiger partial charge < -0.3 is 24.7 Å². The highest BCUT2D eigenvalue weighted by molar-refractivity contribution is 5.88. The number of hydrogen-bond acceptors (Lipinski definition) is 5. The van der Waals surface area contributed by atoms with Crippen LogP contribution in [0.2, 0.25) is 0 Å². The van der Waals surface area contributed by atoms with E-state index in [0.717, 1.165) is 48.8 Å². The number of aromatic amines is 1. The molecule has 1 aromatic carbocycles. The fourth-order valence-corrected chi connectivity index (χ4v) is 10.8. The molecule has 4 aliphatic carbocycles. The lowest BCUT2D eigenvalue weighted by atomic mass is 9.41. The van der Waals surface area contributed by atoms with Gasteiger partial charge in [0.25, 0.3) is 6.47 Å². The summed E-state index contributed by atoms with van der Waals surface area (Å²) in [6.45, 7) is 10.9. The first-order chi connectivity index (χ1) is 19.2. The Morgan fingerprint density at radius 3 is 2.62 bits per heavy atom. The highest BCUT2D eigenvalue weighted by atomic mass is 16.5. The van der Waals surface area contributed by atoms with Crippen LogP contribution in [0, 0.1) is 52.3 Å². The Kier molecular flexibility index (Phi) is 7.48. The average Bonchev–Trinajstić information content (AvgIpc) is 3.50. The first-order valence-corrected chi connectivity index (χ1v) is 15.9. The van der Waals surface area contributed by atoms with Gasteiger partial charge in [-0.15, -0.1) is 0 Å². The van der Waals surface area contributed by atoms with Gasteiger partial charge in [-0.25, -0.2) is 0 Å². The Balaban J connectivity index is 1.13. The normalized spacial score (nSPS) is 41.5. The molecule has 3 N–H and O–H groups in total. The largest absolute Gasteiger partial charge is 0.494 e. The summed E-state index contributed by atoms with van der Waals surface area (Å²) in [4.78, 5) is 13.9. The number of hydrogen-bond donors (Lipinski definition) is 3. The lowest BCUT2D eigenvalue weighted by Gasteiger charge is -2.64. The molecule has 6 rings (SSSR count). The van der Waals surface area contributed by atoms with Crippen LogP contribution in [-0.4, -0.2) is 40.5 Å². The van der Waals surface area contributed by atoms with Gasteiger partial charge in [-0.1, -0.05) is 34.1 Å². The number of fused-ring (bicyclic) bond motifs is 6. The van der Waals surface area contributed by atoms with E-state index in [1.54, 1.807) is 6.20 Å². The van der Waals surface area contributed by atoms with Crippen LogP contribution in [0.25, 0.3) is 10.9 Å². The molecular formula is C34H49NO5. The van der Waals surface area contributed by atoms with E-state index in [-0.39, 0.29) is 23.0 Å². The average molecular weight is 552 g/mol. The van der Waals surface area contributed by atoms with E-state index >= 15 is 0 Å². The summed E-state index contributed by atoms with van der Waals surface area (Å²) in [5.74, 6) is 4.90. The third-order valence-corrected chi connectivity index (χ3v) is 12.8. The standard InChI is InChI=1S/C34H49NO5/c1-5-23-28-16-21(37)10-13-34(28,4)27-11-14-33(3)25(8-9-26(33)31(27)32(23)38)20(2)12-15-39-22-6-7-24-29(17-22)35-18-30(24)40-19-36/h6-7,17-21,23,25-28,31-32,35,37-38H,5,8-16H2,1-4H3/t20-,21-,23-,25-,26+,27+,28+,31+,32-,33-,34-/m1/s1. The number of ether oxygens (including phenoxy) is 2. The number of rotatable bonds is 8. The van der Waals surface area contributed by atoms with Gasteiger partial charge in [0, 0.05) is 17.6 Å². The Morgan fingerprint density at radius 2 is 1.85 bits per heavy atom. The molecule has 4 aliphatic rings. The lowest BCUT2D eigenvalue weighted by Crippen LogP contribution is -2.62. The number of aliphatic hydroxyl groups excluding tert-OH is 2.